The molecule has 1 atom stereocenters. The van der Waals surface area contributed by atoms with Crippen LogP contribution in [0.15, 0.2) is 66.7 Å². The average Bonchev–Trinajstić information content (AvgIpc) is 2.85. The molecule has 0 aliphatic carbocycles. The second kappa shape index (κ2) is 12.5. The van der Waals surface area contributed by atoms with E-state index in [1.54, 1.807) is 37.3 Å². The number of fused-ring (bicyclic) bond motifs is 1. The molecule has 0 saturated carbocycles. The summed E-state index contributed by atoms with van der Waals surface area (Å²) in [7, 11) is 0. The van der Waals surface area contributed by atoms with Crippen LogP contribution < -0.4 is 25.6 Å². The number of rotatable bonds is 9. The van der Waals surface area contributed by atoms with E-state index in [4.69, 9.17) is 26.4 Å². The molecule has 3 N–H and O–H groups in total. The Balaban J connectivity index is 1.42. The van der Waals surface area contributed by atoms with E-state index in [1.807, 2.05) is 43.3 Å². The smallest absolute Gasteiger partial charge is 0.279 e. The molecule has 34 heavy (non-hydrogen) atoms. The van der Waals surface area contributed by atoms with Crippen LogP contribution in [-0.2, 0) is 9.53 Å². The summed E-state index contributed by atoms with van der Waals surface area (Å²) in [6.45, 7) is 5.09. The fourth-order valence-electron chi connectivity index (χ4n) is 2.99. The minimum Gasteiger partial charge on any atom is -0.491 e. The Labute approximate surface area is 203 Å². The van der Waals surface area contributed by atoms with Gasteiger partial charge in [0.25, 0.3) is 11.8 Å². The molecule has 3 aromatic carbocycles. The second-order valence-corrected chi connectivity index (χ2v) is 7.64. The predicted octanol–water partition coefficient (Wildman–Crippen LogP) is 3.36. The first kappa shape index (κ1) is 24.9. The lowest BCUT2D eigenvalue weighted by Crippen LogP contribution is -2.51. The average molecular weight is 482 g/mol. The lowest BCUT2D eigenvalue weighted by Gasteiger charge is -2.16. The van der Waals surface area contributed by atoms with E-state index in [0.29, 0.717) is 36.9 Å². The maximum Gasteiger partial charge on any atom is 0.279 e. The molecule has 0 spiro atoms. The normalized spacial score (nSPS) is 11.4. The summed E-state index contributed by atoms with van der Waals surface area (Å²) in [6, 6.07) is 20.1. The van der Waals surface area contributed by atoms with E-state index in [1.165, 1.54) is 0 Å². The molecule has 8 nitrogen and oxygen atoms in total. The van der Waals surface area contributed by atoms with Crippen LogP contribution in [-0.4, -0.2) is 42.9 Å². The quantitative estimate of drug-likeness (QED) is 0.245. The number of hydrogen-bond acceptors (Lipinski definition) is 6. The van der Waals surface area contributed by atoms with Gasteiger partial charge >= 0.3 is 0 Å². The third-order valence-corrected chi connectivity index (χ3v) is 4.95. The SMILES string of the molecule is CCOCCOc1ccc(C(=O)NC(=S)NNC(=O)C(C)Oc2ccc3ccccc3c2)cc1. The van der Waals surface area contributed by atoms with Crippen LogP contribution in [0.3, 0.4) is 0 Å². The van der Waals surface area contributed by atoms with E-state index in [9.17, 15) is 9.59 Å². The van der Waals surface area contributed by atoms with Gasteiger partial charge < -0.3 is 14.2 Å². The van der Waals surface area contributed by atoms with Crippen molar-refractivity contribution in [3.8, 4) is 11.5 Å². The van der Waals surface area contributed by atoms with Crippen LogP contribution in [0, 0.1) is 0 Å². The number of carbonyl (C=O) groups is 2. The number of benzene rings is 3. The number of thiocarbonyl (C=S) groups is 1. The third kappa shape index (κ3) is 7.43. The fourth-order valence-corrected chi connectivity index (χ4v) is 3.13. The van der Waals surface area contributed by atoms with Gasteiger partial charge in [0, 0.05) is 12.2 Å². The standard InChI is InChI=1S/C25H27N3O5S/c1-3-31-14-15-32-21-11-9-19(10-12-21)24(30)26-25(34)28-27-23(29)17(2)33-22-13-8-18-6-4-5-7-20(18)16-22/h4-13,16-17H,3,14-15H2,1-2H3,(H,27,29)(H2,26,28,30,34). The van der Waals surface area contributed by atoms with Gasteiger partial charge in [-0.3, -0.25) is 25.8 Å². The van der Waals surface area contributed by atoms with Crippen molar-refractivity contribution in [2.75, 3.05) is 19.8 Å². The van der Waals surface area contributed by atoms with Crippen molar-refractivity contribution in [3.63, 3.8) is 0 Å². The molecule has 9 heteroatoms. The van der Waals surface area contributed by atoms with Crippen molar-refractivity contribution >= 4 is 39.9 Å². The molecule has 1 unspecified atom stereocenters. The van der Waals surface area contributed by atoms with Crippen molar-refractivity contribution in [1.29, 1.82) is 0 Å². The maximum absolute atomic E-state index is 12.4. The Morgan fingerprint density at radius 3 is 2.35 bits per heavy atom. The first-order valence-electron chi connectivity index (χ1n) is 10.8. The molecular weight excluding hydrogens is 454 g/mol. The van der Waals surface area contributed by atoms with Gasteiger partial charge in [0.15, 0.2) is 11.2 Å². The van der Waals surface area contributed by atoms with E-state index in [0.717, 1.165) is 10.8 Å². The number of hydrazine groups is 1. The van der Waals surface area contributed by atoms with Crippen LogP contribution in [0.5, 0.6) is 11.5 Å². The highest BCUT2D eigenvalue weighted by Crippen LogP contribution is 2.21. The van der Waals surface area contributed by atoms with Gasteiger partial charge in [0.2, 0.25) is 0 Å². The Morgan fingerprint density at radius 2 is 1.62 bits per heavy atom. The number of amides is 2. The zero-order valence-corrected chi connectivity index (χ0v) is 19.8. The van der Waals surface area contributed by atoms with Crippen LogP contribution in [0.25, 0.3) is 10.8 Å². The minimum absolute atomic E-state index is 0.0479. The Hall–Kier alpha value is -3.69. The van der Waals surface area contributed by atoms with Crippen molar-refractivity contribution < 1.29 is 23.8 Å². The Morgan fingerprint density at radius 1 is 0.912 bits per heavy atom. The fraction of sp³-hybridized carbons (Fsp3) is 0.240. The number of ether oxygens (including phenoxy) is 3. The Bertz CT molecular complexity index is 1140. The molecule has 3 rings (SSSR count). The highest BCUT2D eigenvalue weighted by atomic mass is 32.1. The van der Waals surface area contributed by atoms with Gasteiger partial charge in [0.1, 0.15) is 18.1 Å². The molecule has 3 aromatic rings. The molecule has 0 heterocycles. The third-order valence-electron chi connectivity index (χ3n) is 4.75. The molecule has 0 aliphatic heterocycles. The molecule has 178 valence electrons. The molecule has 0 aliphatic rings. The topological polar surface area (TPSA) is 97.9 Å². The molecule has 2 amide bonds. The lowest BCUT2D eigenvalue weighted by molar-refractivity contribution is -0.127. The van der Waals surface area contributed by atoms with E-state index in [2.05, 4.69) is 16.2 Å². The minimum atomic E-state index is -0.789. The molecule has 0 aromatic heterocycles. The van der Waals surface area contributed by atoms with Gasteiger partial charge in [-0.1, -0.05) is 30.3 Å². The highest BCUT2D eigenvalue weighted by Gasteiger charge is 2.16. The summed E-state index contributed by atoms with van der Waals surface area (Å²) in [5, 5.41) is 4.55. The summed E-state index contributed by atoms with van der Waals surface area (Å²) in [6.07, 6.45) is -0.789. The summed E-state index contributed by atoms with van der Waals surface area (Å²) in [4.78, 5) is 24.7. The zero-order valence-electron chi connectivity index (χ0n) is 19.0. The maximum atomic E-state index is 12.4. The molecule has 0 radical (unpaired) electrons. The van der Waals surface area contributed by atoms with E-state index in [-0.39, 0.29) is 5.11 Å². The highest BCUT2D eigenvalue weighted by molar-refractivity contribution is 7.80. The second-order valence-electron chi connectivity index (χ2n) is 7.24. The van der Waals surface area contributed by atoms with E-state index < -0.39 is 17.9 Å². The van der Waals surface area contributed by atoms with Gasteiger partial charge in [-0.2, -0.15) is 0 Å². The number of hydrogen-bond donors (Lipinski definition) is 3. The molecule has 0 saturated heterocycles. The molecule has 0 bridgehead atoms. The van der Waals surface area contributed by atoms with Crippen LogP contribution in [0.4, 0.5) is 0 Å². The predicted molar refractivity (Wildman–Crippen MR) is 134 cm³/mol. The summed E-state index contributed by atoms with van der Waals surface area (Å²) < 4.78 is 16.5. The first-order valence-corrected chi connectivity index (χ1v) is 11.2. The van der Waals surface area contributed by atoms with Crippen LogP contribution in [0.1, 0.15) is 24.2 Å². The van der Waals surface area contributed by atoms with Crippen molar-refractivity contribution in [2.45, 2.75) is 20.0 Å². The summed E-state index contributed by atoms with van der Waals surface area (Å²) >= 11 is 5.09. The Kier molecular flexibility index (Phi) is 9.19. The molecular formula is C25H27N3O5S. The van der Waals surface area contributed by atoms with Gasteiger partial charge in [0.05, 0.1) is 6.61 Å². The lowest BCUT2D eigenvalue weighted by atomic mass is 10.1. The zero-order chi connectivity index (χ0) is 24.3. The van der Waals surface area contributed by atoms with Crippen molar-refractivity contribution in [1.82, 2.24) is 16.2 Å². The van der Waals surface area contributed by atoms with Crippen LogP contribution >= 0.6 is 12.2 Å². The van der Waals surface area contributed by atoms with Gasteiger partial charge in [-0.05, 0) is 73.2 Å². The summed E-state index contributed by atoms with van der Waals surface area (Å²) in [5.74, 6) is 0.332. The summed E-state index contributed by atoms with van der Waals surface area (Å²) in [5.41, 5.74) is 5.34. The molecule has 0 fully saturated rings. The van der Waals surface area contributed by atoms with Gasteiger partial charge in [-0.15, -0.1) is 0 Å². The number of carbonyl (C=O) groups excluding carboxylic acids is 2. The first-order chi connectivity index (χ1) is 16.5. The van der Waals surface area contributed by atoms with Gasteiger partial charge in [-0.25, -0.2) is 0 Å². The number of nitrogens with one attached hydrogen (secondary N) is 3. The largest absolute Gasteiger partial charge is 0.491 e. The van der Waals surface area contributed by atoms with Crippen molar-refractivity contribution in [2.24, 2.45) is 0 Å². The van der Waals surface area contributed by atoms with Crippen molar-refractivity contribution in [3.05, 3.63) is 72.3 Å². The van der Waals surface area contributed by atoms with Crippen LogP contribution in [0.2, 0.25) is 0 Å². The van der Waals surface area contributed by atoms with E-state index >= 15 is 0 Å². The monoisotopic (exact) mass is 481 g/mol.